The molecule has 5 nitrogen and oxygen atoms in total. The summed E-state index contributed by atoms with van der Waals surface area (Å²) < 4.78 is 5.01. The standard InChI is InChI=1S/C8H11N3O2/c9-5-6-4-7(10)13-8(6)11-2-1-3-12/h4,11-12H,1-3,10H2. The van der Waals surface area contributed by atoms with Gasteiger partial charge in [-0.3, -0.25) is 0 Å². The van der Waals surface area contributed by atoms with E-state index >= 15 is 0 Å². The number of nitrogens with one attached hydrogen (secondary N) is 1. The van der Waals surface area contributed by atoms with Crippen molar-refractivity contribution in [2.45, 2.75) is 6.42 Å². The zero-order valence-corrected chi connectivity index (χ0v) is 7.08. The van der Waals surface area contributed by atoms with Crippen LogP contribution in [-0.4, -0.2) is 18.3 Å². The second kappa shape index (κ2) is 4.38. The molecular weight excluding hydrogens is 170 g/mol. The van der Waals surface area contributed by atoms with Gasteiger partial charge in [-0.25, -0.2) is 0 Å². The summed E-state index contributed by atoms with van der Waals surface area (Å²) in [6.07, 6.45) is 0.603. The van der Waals surface area contributed by atoms with E-state index < -0.39 is 0 Å². The maximum atomic E-state index is 8.63. The van der Waals surface area contributed by atoms with Crippen molar-refractivity contribution in [1.29, 1.82) is 5.26 Å². The maximum Gasteiger partial charge on any atom is 0.213 e. The summed E-state index contributed by atoms with van der Waals surface area (Å²) in [6, 6.07) is 3.40. The van der Waals surface area contributed by atoms with Crippen LogP contribution in [0.2, 0.25) is 0 Å². The fourth-order valence-electron chi connectivity index (χ4n) is 0.905. The lowest BCUT2D eigenvalue weighted by molar-refractivity contribution is 0.292. The minimum Gasteiger partial charge on any atom is -0.424 e. The lowest BCUT2D eigenvalue weighted by Crippen LogP contribution is -2.03. The molecule has 0 aliphatic heterocycles. The molecule has 0 amide bonds. The Balaban J connectivity index is 2.60. The Hall–Kier alpha value is -1.67. The number of hydrogen-bond acceptors (Lipinski definition) is 5. The molecule has 4 N–H and O–H groups in total. The lowest BCUT2D eigenvalue weighted by Gasteiger charge is -2.00. The van der Waals surface area contributed by atoms with E-state index in [0.29, 0.717) is 24.4 Å². The van der Waals surface area contributed by atoms with Gasteiger partial charge in [-0.1, -0.05) is 0 Å². The van der Waals surface area contributed by atoms with Crippen molar-refractivity contribution in [2.75, 3.05) is 24.2 Å². The van der Waals surface area contributed by atoms with E-state index in [9.17, 15) is 0 Å². The predicted octanol–water partition coefficient (Wildman–Crippen LogP) is 0.528. The van der Waals surface area contributed by atoms with Crippen LogP contribution in [0.25, 0.3) is 0 Å². The quantitative estimate of drug-likeness (QED) is 0.589. The molecule has 0 aromatic carbocycles. The van der Waals surface area contributed by atoms with Gasteiger partial charge in [0, 0.05) is 19.2 Å². The highest BCUT2D eigenvalue weighted by molar-refractivity contribution is 5.55. The smallest absolute Gasteiger partial charge is 0.213 e. The Labute approximate surface area is 75.8 Å². The molecule has 0 atom stereocenters. The number of rotatable bonds is 4. The Morgan fingerprint density at radius 1 is 1.69 bits per heavy atom. The molecule has 0 bridgehead atoms. The normalized spacial score (nSPS) is 9.54. The molecule has 70 valence electrons. The number of nitrogen functional groups attached to an aromatic ring is 1. The van der Waals surface area contributed by atoms with Gasteiger partial charge in [-0.15, -0.1) is 0 Å². The summed E-state index contributed by atoms with van der Waals surface area (Å²) in [5, 5.41) is 20.0. The van der Waals surface area contributed by atoms with E-state index in [1.165, 1.54) is 6.07 Å². The second-order valence-corrected chi connectivity index (χ2v) is 2.51. The van der Waals surface area contributed by atoms with E-state index in [1.807, 2.05) is 6.07 Å². The number of nitrogens with zero attached hydrogens (tertiary/aromatic N) is 1. The number of aliphatic hydroxyl groups excluding tert-OH is 1. The van der Waals surface area contributed by atoms with Crippen molar-refractivity contribution in [3.8, 4) is 6.07 Å². The van der Waals surface area contributed by atoms with Crippen LogP contribution < -0.4 is 11.1 Å². The molecule has 0 unspecified atom stereocenters. The molecule has 0 spiro atoms. The summed E-state index contributed by atoms with van der Waals surface area (Å²) >= 11 is 0. The molecule has 1 aromatic heterocycles. The van der Waals surface area contributed by atoms with Crippen LogP contribution in [0.3, 0.4) is 0 Å². The van der Waals surface area contributed by atoms with Gasteiger partial charge in [0.25, 0.3) is 0 Å². The molecule has 0 aliphatic rings. The van der Waals surface area contributed by atoms with Crippen LogP contribution >= 0.6 is 0 Å². The predicted molar refractivity (Wildman–Crippen MR) is 48.0 cm³/mol. The van der Waals surface area contributed by atoms with Crippen molar-refractivity contribution in [3.05, 3.63) is 11.6 Å². The van der Waals surface area contributed by atoms with Crippen LogP contribution in [-0.2, 0) is 0 Å². The Bertz CT molecular complexity index is 314. The number of furan rings is 1. The molecule has 1 heterocycles. The van der Waals surface area contributed by atoms with E-state index in [1.54, 1.807) is 0 Å². The average molecular weight is 181 g/mol. The molecule has 0 radical (unpaired) electrons. The minimum atomic E-state index is 0.102. The van der Waals surface area contributed by atoms with Crippen LogP contribution in [0, 0.1) is 11.3 Å². The highest BCUT2D eigenvalue weighted by atomic mass is 16.4. The van der Waals surface area contributed by atoms with Gasteiger partial charge in [0.1, 0.15) is 11.6 Å². The lowest BCUT2D eigenvalue weighted by atomic mass is 10.3. The SMILES string of the molecule is N#Cc1cc(N)oc1NCCCO. The maximum absolute atomic E-state index is 8.63. The zero-order chi connectivity index (χ0) is 9.68. The van der Waals surface area contributed by atoms with Gasteiger partial charge in [0.2, 0.25) is 5.88 Å². The summed E-state index contributed by atoms with van der Waals surface area (Å²) in [5.74, 6) is 0.580. The molecule has 5 heteroatoms. The molecule has 1 aromatic rings. The average Bonchev–Trinajstić information content (AvgIpc) is 2.47. The minimum absolute atomic E-state index is 0.102. The van der Waals surface area contributed by atoms with Gasteiger partial charge in [-0.2, -0.15) is 5.26 Å². The van der Waals surface area contributed by atoms with Crippen molar-refractivity contribution < 1.29 is 9.52 Å². The molecule has 0 saturated carbocycles. The number of anilines is 2. The number of nitriles is 1. The highest BCUT2D eigenvalue weighted by Crippen LogP contribution is 2.21. The first-order valence-corrected chi connectivity index (χ1v) is 3.92. The van der Waals surface area contributed by atoms with Crippen LogP contribution in [0.15, 0.2) is 10.5 Å². The number of nitrogens with two attached hydrogens (primary N) is 1. The first-order chi connectivity index (χ1) is 6.27. The topological polar surface area (TPSA) is 95.2 Å². The first-order valence-electron chi connectivity index (χ1n) is 3.92. The van der Waals surface area contributed by atoms with Crippen molar-refractivity contribution in [2.24, 2.45) is 0 Å². The fourth-order valence-corrected chi connectivity index (χ4v) is 0.905. The van der Waals surface area contributed by atoms with E-state index in [-0.39, 0.29) is 12.5 Å². The molecule has 0 fully saturated rings. The Morgan fingerprint density at radius 2 is 2.46 bits per heavy atom. The molecule has 0 aliphatic carbocycles. The van der Waals surface area contributed by atoms with Crippen LogP contribution in [0.1, 0.15) is 12.0 Å². The van der Waals surface area contributed by atoms with Gasteiger partial charge in [-0.05, 0) is 6.42 Å². The Kier molecular flexibility index (Phi) is 3.17. The fraction of sp³-hybridized carbons (Fsp3) is 0.375. The van der Waals surface area contributed by atoms with E-state index in [0.717, 1.165) is 0 Å². The van der Waals surface area contributed by atoms with Gasteiger partial charge in [0.05, 0.1) is 0 Å². The summed E-state index contributed by atoms with van der Waals surface area (Å²) in [5.41, 5.74) is 5.74. The third kappa shape index (κ3) is 2.39. The largest absolute Gasteiger partial charge is 0.424 e. The third-order valence-electron chi connectivity index (χ3n) is 1.49. The van der Waals surface area contributed by atoms with Gasteiger partial charge >= 0.3 is 0 Å². The molecule has 1 rings (SSSR count). The van der Waals surface area contributed by atoms with Crippen LogP contribution in [0.4, 0.5) is 11.8 Å². The third-order valence-corrected chi connectivity index (χ3v) is 1.49. The van der Waals surface area contributed by atoms with E-state index in [4.69, 9.17) is 20.5 Å². The van der Waals surface area contributed by atoms with Crippen molar-refractivity contribution in [3.63, 3.8) is 0 Å². The number of hydrogen-bond donors (Lipinski definition) is 3. The van der Waals surface area contributed by atoms with Crippen LogP contribution in [0.5, 0.6) is 0 Å². The first kappa shape index (κ1) is 9.42. The molecule has 0 saturated heterocycles. The summed E-state index contributed by atoms with van der Waals surface area (Å²) in [4.78, 5) is 0. The molecular formula is C8H11N3O2. The monoisotopic (exact) mass is 181 g/mol. The second-order valence-electron chi connectivity index (χ2n) is 2.51. The van der Waals surface area contributed by atoms with Gasteiger partial charge < -0.3 is 20.6 Å². The Morgan fingerprint density at radius 3 is 3.08 bits per heavy atom. The van der Waals surface area contributed by atoms with Gasteiger partial charge in [0.15, 0.2) is 5.88 Å². The highest BCUT2D eigenvalue weighted by Gasteiger charge is 2.07. The molecule has 13 heavy (non-hydrogen) atoms. The van der Waals surface area contributed by atoms with Crippen molar-refractivity contribution in [1.82, 2.24) is 0 Å². The summed E-state index contributed by atoms with van der Waals surface area (Å²) in [6.45, 7) is 0.656. The van der Waals surface area contributed by atoms with Crippen molar-refractivity contribution >= 4 is 11.8 Å². The zero-order valence-electron chi connectivity index (χ0n) is 7.08. The summed E-state index contributed by atoms with van der Waals surface area (Å²) in [7, 11) is 0. The van der Waals surface area contributed by atoms with E-state index in [2.05, 4.69) is 5.32 Å². The number of aliphatic hydroxyl groups is 1.